The summed E-state index contributed by atoms with van der Waals surface area (Å²) in [5.74, 6) is -1.08. The van der Waals surface area contributed by atoms with E-state index < -0.39 is 39.4 Å². The lowest BCUT2D eigenvalue weighted by atomic mass is 9.78. The number of benzene rings is 3. The number of nitrogens with one attached hydrogen (secondary N) is 4. The van der Waals surface area contributed by atoms with Gasteiger partial charge in [0.1, 0.15) is 5.66 Å². The van der Waals surface area contributed by atoms with E-state index in [2.05, 4.69) is 30.2 Å². The number of aromatic amines is 1. The van der Waals surface area contributed by atoms with Gasteiger partial charge >= 0.3 is 5.97 Å². The first-order chi connectivity index (χ1) is 20.8. The number of fused-ring (bicyclic) bond motifs is 1. The maximum absolute atomic E-state index is 13.5. The highest BCUT2D eigenvalue weighted by atomic mass is 32.2. The minimum Gasteiger partial charge on any atom is -0.481 e. The number of piperidine rings is 1. The number of para-hydroxylation sites is 2. The Labute approximate surface area is 257 Å². The molecule has 2 heterocycles. The van der Waals surface area contributed by atoms with E-state index in [1.54, 1.807) is 51.1 Å². The third kappa shape index (κ3) is 6.87. The number of anilines is 2. The number of aromatic nitrogens is 2. The van der Waals surface area contributed by atoms with Crippen LogP contribution in [0, 0.1) is 5.41 Å². The summed E-state index contributed by atoms with van der Waals surface area (Å²) in [6, 6.07) is 22.9. The molecule has 1 aliphatic rings. The van der Waals surface area contributed by atoms with Gasteiger partial charge in [0.2, 0.25) is 16.0 Å². The lowest BCUT2D eigenvalue weighted by Crippen LogP contribution is -2.68. The van der Waals surface area contributed by atoms with Crippen molar-refractivity contribution < 1.29 is 23.1 Å². The van der Waals surface area contributed by atoms with Gasteiger partial charge in [0.25, 0.3) is 5.91 Å². The summed E-state index contributed by atoms with van der Waals surface area (Å²) in [6.45, 7) is 6.67. The Morgan fingerprint density at radius 2 is 1.59 bits per heavy atom. The average molecular weight is 619 g/mol. The fourth-order valence-corrected chi connectivity index (χ4v) is 6.93. The minimum atomic E-state index is -4.17. The highest BCUT2D eigenvalue weighted by Gasteiger charge is 2.48. The second-order valence-corrected chi connectivity index (χ2v) is 13.8. The summed E-state index contributed by atoms with van der Waals surface area (Å²) in [5.41, 5.74) is 0.330. The van der Waals surface area contributed by atoms with Gasteiger partial charge in [0.15, 0.2) is 0 Å². The summed E-state index contributed by atoms with van der Waals surface area (Å²) >= 11 is 0. The van der Waals surface area contributed by atoms with Crippen LogP contribution >= 0.6 is 0 Å². The molecule has 5 N–H and O–H groups in total. The first-order valence-corrected chi connectivity index (χ1v) is 16.0. The summed E-state index contributed by atoms with van der Waals surface area (Å²) in [5, 5.41) is 16.0. The number of sulfonamides is 1. The number of carboxylic acid groups (broad SMARTS) is 1. The van der Waals surface area contributed by atoms with Crippen molar-refractivity contribution in [2.45, 2.75) is 56.6 Å². The summed E-state index contributed by atoms with van der Waals surface area (Å²) in [6.07, 6.45) is 1.15. The first kappa shape index (κ1) is 31.0. The number of carbonyl (C=O) groups is 2. The maximum atomic E-state index is 13.5. The summed E-state index contributed by atoms with van der Waals surface area (Å²) in [4.78, 5) is 35.6. The molecule has 1 aromatic heterocycles. The van der Waals surface area contributed by atoms with E-state index in [0.717, 1.165) is 48.6 Å². The fraction of sp³-hybridized carbons (Fsp3) is 0.344. The highest BCUT2D eigenvalue weighted by Crippen LogP contribution is 2.34. The van der Waals surface area contributed by atoms with Crippen LogP contribution in [-0.2, 0) is 14.8 Å². The van der Waals surface area contributed by atoms with E-state index >= 15 is 0 Å². The van der Waals surface area contributed by atoms with Gasteiger partial charge in [-0.25, -0.2) is 13.4 Å². The third-order valence-corrected chi connectivity index (χ3v) is 9.62. The van der Waals surface area contributed by atoms with Crippen LogP contribution in [0.5, 0.6) is 0 Å². The fourth-order valence-electron chi connectivity index (χ4n) is 5.41. The van der Waals surface area contributed by atoms with Gasteiger partial charge in [-0.1, -0.05) is 51.1 Å². The number of H-pyrrole nitrogens is 1. The van der Waals surface area contributed by atoms with Crippen molar-refractivity contribution in [1.82, 2.24) is 20.0 Å². The molecule has 1 saturated heterocycles. The molecular weight excluding hydrogens is 580 g/mol. The molecule has 12 heteroatoms. The quantitative estimate of drug-likeness (QED) is 0.162. The first-order valence-electron chi connectivity index (χ1n) is 14.5. The molecule has 3 aromatic carbocycles. The maximum Gasteiger partial charge on any atom is 0.307 e. The molecule has 5 rings (SSSR count). The molecule has 44 heavy (non-hydrogen) atoms. The van der Waals surface area contributed by atoms with Crippen LogP contribution in [0.1, 0.15) is 50.4 Å². The molecule has 0 saturated carbocycles. The summed E-state index contributed by atoms with van der Waals surface area (Å²) in [7, 11) is -4.17. The van der Waals surface area contributed by atoms with Crippen LogP contribution in [-0.4, -0.2) is 60.2 Å². The lowest BCUT2D eigenvalue weighted by molar-refractivity contribution is -0.140. The normalized spacial score (nSPS) is 15.9. The van der Waals surface area contributed by atoms with E-state index in [4.69, 9.17) is 0 Å². The van der Waals surface area contributed by atoms with Crippen molar-refractivity contribution in [2.24, 2.45) is 5.41 Å². The zero-order valence-electron chi connectivity index (χ0n) is 25.0. The van der Waals surface area contributed by atoms with Gasteiger partial charge < -0.3 is 25.6 Å². The van der Waals surface area contributed by atoms with Gasteiger partial charge in [-0.3, -0.25) is 9.59 Å². The number of hydrogen-bond acceptors (Lipinski definition) is 7. The van der Waals surface area contributed by atoms with Crippen molar-refractivity contribution >= 4 is 44.6 Å². The zero-order chi connectivity index (χ0) is 31.5. The monoisotopic (exact) mass is 618 g/mol. The molecule has 4 aromatic rings. The van der Waals surface area contributed by atoms with Crippen molar-refractivity contribution in [2.75, 3.05) is 23.3 Å². The molecular formula is C32H38N6O5S. The molecule has 1 aliphatic heterocycles. The smallest absolute Gasteiger partial charge is 0.307 e. The van der Waals surface area contributed by atoms with Crippen molar-refractivity contribution in [1.29, 1.82) is 0 Å². The lowest BCUT2D eigenvalue weighted by Gasteiger charge is -2.44. The Morgan fingerprint density at radius 3 is 2.20 bits per heavy atom. The van der Waals surface area contributed by atoms with Crippen LogP contribution in [0.25, 0.3) is 11.0 Å². The van der Waals surface area contributed by atoms with E-state index in [-0.39, 0.29) is 16.5 Å². The second-order valence-electron chi connectivity index (χ2n) is 12.2. The van der Waals surface area contributed by atoms with E-state index in [1.165, 1.54) is 12.1 Å². The van der Waals surface area contributed by atoms with E-state index in [0.29, 0.717) is 0 Å². The number of imidazole rings is 1. The molecule has 1 unspecified atom stereocenters. The molecule has 1 fully saturated rings. The standard InChI is InChI=1S/C32H38N6O5S/c1-31(2,3)32(21-28(39)40,37-44(42,43)25-9-5-4-6-10-25)36-29(41)22-13-15-24(16-14-22)38-19-17-23(18-20-38)33-30-34-26-11-7-8-12-27(26)35-30/h4-16,23,37H,17-21H2,1-3H3,(H,36,41)(H,39,40)(H2,33,34,35). The largest absolute Gasteiger partial charge is 0.481 e. The van der Waals surface area contributed by atoms with Gasteiger partial charge in [-0.2, -0.15) is 4.72 Å². The molecule has 0 aliphatic carbocycles. The van der Waals surface area contributed by atoms with Gasteiger partial charge in [0, 0.05) is 35.8 Å². The number of nitrogens with zero attached hydrogens (tertiary/aromatic N) is 2. The molecule has 1 atom stereocenters. The Kier molecular flexibility index (Phi) is 8.66. The SMILES string of the molecule is CC(C)(C)C(CC(=O)O)(NC(=O)c1ccc(N2CCC(Nc3nc4ccccc4[nH]3)CC2)cc1)NS(=O)(=O)c1ccccc1. The number of aliphatic carboxylic acids is 1. The van der Waals surface area contributed by atoms with Crippen LogP contribution in [0.4, 0.5) is 11.6 Å². The number of rotatable bonds is 10. The van der Waals surface area contributed by atoms with Crippen LogP contribution in [0.15, 0.2) is 83.8 Å². The van der Waals surface area contributed by atoms with Crippen molar-refractivity contribution in [3.8, 4) is 0 Å². The van der Waals surface area contributed by atoms with Crippen molar-refractivity contribution in [3.05, 3.63) is 84.4 Å². The van der Waals surface area contributed by atoms with Crippen LogP contribution in [0.2, 0.25) is 0 Å². The van der Waals surface area contributed by atoms with Gasteiger partial charge in [-0.05, 0) is 61.4 Å². The zero-order valence-corrected chi connectivity index (χ0v) is 25.8. The van der Waals surface area contributed by atoms with Crippen LogP contribution < -0.4 is 20.3 Å². The Balaban J connectivity index is 1.26. The number of hydrogen-bond donors (Lipinski definition) is 5. The third-order valence-electron chi connectivity index (χ3n) is 8.11. The summed E-state index contributed by atoms with van der Waals surface area (Å²) < 4.78 is 29.1. The average Bonchev–Trinajstić information content (AvgIpc) is 3.39. The highest BCUT2D eigenvalue weighted by molar-refractivity contribution is 7.89. The van der Waals surface area contributed by atoms with Gasteiger partial charge in [-0.15, -0.1) is 0 Å². The Hall–Kier alpha value is -4.42. The Bertz CT molecular complexity index is 1690. The molecule has 0 bridgehead atoms. The van der Waals surface area contributed by atoms with Crippen LogP contribution in [0.3, 0.4) is 0 Å². The molecule has 11 nitrogen and oxygen atoms in total. The topological polar surface area (TPSA) is 157 Å². The number of amides is 1. The molecule has 0 radical (unpaired) electrons. The van der Waals surface area contributed by atoms with E-state index in [9.17, 15) is 23.1 Å². The van der Waals surface area contributed by atoms with E-state index in [1.807, 2.05) is 36.4 Å². The van der Waals surface area contributed by atoms with Crippen molar-refractivity contribution in [3.63, 3.8) is 0 Å². The minimum absolute atomic E-state index is 0.0332. The molecule has 1 amide bonds. The Morgan fingerprint density at radius 1 is 0.955 bits per heavy atom. The molecule has 0 spiro atoms. The second kappa shape index (κ2) is 12.3. The number of carboxylic acids is 1. The number of carbonyl (C=O) groups excluding carboxylic acids is 1. The molecule has 232 valence electrons. The predicted molar refractivity (Wildman–Crippen MR) is 170 cm³/mol. The van der Waals surface area contributed by atoms with Gasteiger partial charge in [0.05, 0.1) is 22.3 Å². The predicted octanol–water partition coefficient (Wildman–Crippen LogP) is 4.57.